The summed E-state index contributed by atoms with van der Waals surface area (Å²) in [6.07, 6.45) is 0. The van der Waals surface area contributed by atoms with Crippen LogP contribution in [0.3, 0.4) is 0 Å². The highest BCUT2D eigenvalue weighted by Crippen LogP contribution is 2.27. The molecule has 2 amide bonds. The summed E-state index contributed by atoms with van der Waals surface area (Å²) in [5.41, 5.74) is 18.0. The fraction of sp³-hybridized carbons (Fsp3) is 0.143. The average Bonchev–Trinajstić information content (AvgIpc) is 3.54. The number of nitrogen functional groups attached to an aromatic ring is 2. The van der Waals surface area contributed by atoms with E-state index in [4.69, 9.17) is 11.5 Å². The van der Waals surface area contributed by atoms with Crippen molar-refractivity contribution in [1.82, 2.24) is 50.3 Å². The van der Waals surface area contributed by atoms with Crippen LogP contribution in [0, 0.1) is 13.8 Å². The number of nitrogens with zero attached hydrogens (tertiary/aromatic N) is 8. The third-order valence-electron chi connectivity index (χ3n) is 6.83. The summed E-state index contributed by atoms with van der Waals surface area (Å²) < 4.78 is 2.80. The Balaban J connectivity index is 1.12. The second-order valence-electron chi connectivity index (χ2n) is 9.53. The van der Waals surface area contributed by atoms with E-state index < -0.39 is 11.8 Å². The summed E-state index contributed by atoms with van der Waals surface area (Å²) in [4.78, 5) is 25.7. The minimum Gasteiger partial charge on any atom is -0.382 e. The van der Waals surface area contributed by atoms with Crippen LogP contribution in [0.25, 0.3) is 33.8 Å². The van der Waals surface area contributed by atoms with Gasteiger partial charge in [-0.25, -0.2) is 0 Å². The second kappa shape index (κ2) is 10.6. The summed E-state index contributed by atoms with van der Waals surface area (Å²) in [7, 11) is 0. The Labute approximate surface area is 238 Å². The van der Waals surface area contributed by atoms with E-state index in [0.29, 0.717) is 22.7 Å². The molecule has 14 heteroatoms. The molecule has 4 aromatic heterocycles. The summed E-state index contributed by atoms with van der Waals surface area (Å²) in [6.45, 7) is 3.88. The molecule has 0 unspecified atom stereocenters. The molecule has 0 aliphatic heterocycles. The molecular formula is C28H26N12O2. The molecule has 14 nitrogen and oxygen atoms in total. The molecule has 0 aliphatic carbocycles. The van der Waals surface area contributed by atoms with E-state index >= 15 is 0 Å². The highest BCUT2D eigenvalue weighted by atomic mass is 16.2. The third-order valence-corrected chi connectivity index (χ3v) is 6.83. The van der Waals surface area contributed by atoms with Crippen LogP contribution < -0.4 is 22.1 Å². The number of fused-ring (bicyclic) bond motifs is 2. The smallest absolute Gasteiger partial charge is 0.275 e. The van der Waals surface area contributed by atoms with Crippen molar-refractivity contribution in [1.29, 1.82) is 0 Å². The highest BCUT2D eigenvalue weighted by Gasteiger charge is 2.22. The largest absolute Gasteiger partial charge is 0.382 e. The average molecular weight is 563 g/mol. The number of nitrogens with one attached hydrogen (secondary N) is 2. The number of nitrogens with two attached hydrogens (primary N) is 2. The van der Waals surface area contributed by atoms with Crippen LogP contribution in [-0.2, 0) is 0 Å². The van der Waals surface area contributed by atoms with Crippen molar-refractivity contribution in [2.75, 3.05) is 24.6 Å². The molecule has 6 aromatic rings. The van der Waals surface area contributed by atoms with Crippen molar-refractivity contribution >= 4 is 34.7 Å². The number of benzene rings is 2. The molecule has 42 heavy (non-hydrogen) atoms. The SMILES string of the molecule is Cc1c(-c2ccccc2)nn2c(N)c(C(=O)NCCNC(=O)c3nnc4c(C)c(-c5ccccc5)nn4c3N)nnc12. The van der Waals surface area contributed by atoms with Gasteiger partial charge in [0, 0.05) is 35.3 Å². The predicted molar refractivity (Wildman–Crippen MR) is 155 cm³/mol. The van der Waals surface area contributed by atoms with Crippen molar-refractivity contribution in [3.8, 4) is 22.5 Å². The predicted octanol–water partition coefficient (Wildman–Crippen LogP) is 1.84. The molecule has 0 fully saturated rings. The van der Waals surface area contributed by atoms with Crippen LogP contribution in [0.2, 0.25) is 0 Å². The Bertz CT molecular complexity index is 1820. The van der Waals surface area contributed by atoms with Gasteiger partial charge in [0.1, 0.15) is 0 Å². The summed E-state index contributed by atoms with van der Waals surface area (Å²) in [5, 5.41) is 30.8. The summed E-state index contributed by atoms with van der Waals surface area (Å²) in [6, 6.07) is 19.2. The van der Waals surface area contributed by atoms with Crippen LogP contribution in [0.4, 0.5) is 11.6 Å². The van der Waals surface area contributed by atoms with E-state index in [-0.39, 0.29) is 36.1 Å². The first-order valence-electron chi connectivity index (χ1n) is 13.1. The standard InChI is InChI=1S/C28H26N12O2/c1-15-19(17-9-5-3-6-10-17)37-39-23(29)21(33-35-25(15)39)27(41)31-13-14-32-28(42)22-24(30)40-26(36-34-22)16(2)20(38-40)18-11-7-4-8-12-18/h3-12H,13-14,29-30H2,1-2H3,(H,31,41)(H,32,42). The van der Waals surface area contributed by atoms with Gasteiger partial charge >= 0.3 is 0 Å². The van der Waals surface area contributed by atoms with E-state index in [1.54, 1.807) is 0 Å². The van der Waals surface area contributed by atoms with Crippen molar-refractivity contribution in [2.45, 2.75) is 13.8 Å². The van der Waals surface area contributed by atoms with Crippen molar-refractivity contribution in [3.63, 3.8) is 0 Å². The molecule has 0 bridgehead atoms. The third kappa shape index (κ3) is 4.50. The topological polar surface area (TPSA) is 196 Å². The number of aryl methyl sites for hydroxylation is 2. The quantitative estimate of drug-likeness (QED) is 0.208. The van der Waals surface area contributed by atoms with Gasteiger partial charge in [0.2, 0.25) is 0 Å². The van der Waals surface area contributed by atoms with E-state index in [0.717, 1.165) is 22.3 Å². The van der Waals surface area contributed by atoms with Crippen LogP contribution >= 0.6 is 0 Å². The molecule has 210 valence electrons. The minimum atomic E-state index is -0.563. The Hall–Kier alpha value is -5.92. The van der Waals surface area contributed by atoms with Gasteiger partial charge in [0.15, 0.2) is 34.3 Å². The van der Waals surface area contributed by atoms with Crippen LogP contribution in [0.1, 0.15) is 32.1 Å². The molecule has 0 radical (unpaired) electrons. The van der Waals surface area contributed by atoms with E-state index in [2.05, 4.69) is 41.2 Å². The molecule has 4 heterocycles. The number of carbonyl (C=O) groups excluding carboxylic acids is 2. The fourth-order valence-electron chi connectivity index (χ4n) is 4.63. The van der Waals surface area contributed by atoms with E-state index in [9.17, 15) is 9.59 Å². The molecule has 6 N–H and O–H groups in total. The first kappa shape index (κ1) is 26.3. The molecule has 2 aromatic carbocycles. The number of amides is 2. The number of hydrogen-bond donors (Lipinski definition) is 4. The van der Waals surface area contributed by atoms with Gasteiger partial charge in [-0.05, 0) is 13.8 Å². The highest BCUT2D eigenvalue weighted by molar-refractivity contribution is 5.97. The lowest BCUT2D eigenvalue weighted by atomic mass is 10.1. The maximum absolute atomic E-state index is 12.8. The Morgan fingerprint density at radius 1 is 0.643 bits per heavy atom. The Morgan fingerprint density at radius 2 is 1.02 bits per heavy atom. The van der Waals surface area contributed by atoms with Gasteiger partial charge in [0.05, 0.1) is 11.4 Å². The zero-order valence-electron chi connectivity index (χ0n) is 22.7. The fourth-order valence-corrected chi connectivity index (χ4v) is 4.63. The number of carbonyl (C=O) groups is 2. The maximum atomic E-state index is 12.8. The van der Waals surface area contributed by atoms with Crippen molar-refractivity contribution in [3.05, 3.63) is 83.2 Å². The maximum Gasteiger partial charge on any atom is 0.275 e. The van der Waals surface area contributed by atoms with Crippen LogP contribution in [0.15, 0.2) is 60.7 Å². The first-order valence-corrected chi connectivity index (χ1v) is 13.1. The first-order chi connectivity index (χ1) is 20.3. The molecule has 0 saturated carbocycles. The molecular weight excluding hydrogens is 536 g/mol. The number of aromatic nitrogens is 8. The van der Waals surface area contributed by atoms with Gasteiger partial charge in [-0.3, -0.25) is 9.59 Å². The molecule has 0 aliphatic rings. The Morgan fingerprint density at radius 3 is 1.40 bits per heavy atom. The number of rotatable bonds is 7. The lowest BCUT2D eigenvalue weighted by molar-refractivity contribution is 0.0922. The van der Waals surface area contributed by atoms with Gasteiger partial charge in [0.25, 0.3) is 11.8 Å². The van der Waals surface area contributed by atoms with Gasteiger partial charge in [-0.1, -0.05) is 60.7 Å². The van der Waals surface area contributed by atoms with Crippen molar-refractivity contribution < 1.29 is 9.59 Å². The zero-order chi connectivity index (χ0) is 29.4. The minimum absolute atomic E-state index is 0.0487. The molecule has 6 rings (SSSR count). The van der Waals surface area contributed by atoms with Crippen LogP contribution in [0.5, 0.6) is 0 Å². The van der Waals surface area contributed by atoms with E-state index in [1.807, 2.05) is 74.5 Å². The second-order valence-corrected chi connectivity index (χ2v) is 9.53. The lowest BCUT2D eigenvalue weighted by Gasteiger charge is -2.09. The summed E-state index contributed by atoms with van der Waals surface area (Å²) in [5.74, 6) is -1.03. The van der Waals surface area contributed by atoms with Gasteiger partial charge in [-0.15, -0.1) is 20.4 Å². The van der Waals surface area contributed by atoms with Crippen LogP contribution in [-0.4, -0.2) is 64.5 Å². The normalized spacial score (nSPS) is 11.2. The van der Waals surface area contributed by atoms with E-state index in [1.165, 1.54) is 9.03 Å². The van der Waals surface area contributed by atoms with Gasteiger partial charge in [-0.2, -0.15) is 19.2 Å². The monoisotopic (exact) mass is 562 g/mol. The number of anilines is 2. The zero-order valence-corrected chi connectivity index (χ0v) is 22.7. The van der Waals surface area contributed by atoms with Gasteiger partial charge < -0.3 is 22.1 Å². The number of hydrogen-bond acceptors (Lipinski definition) is 10. The molecule has 0 saturated heterocycles. The lowest BCUT2D eigenvalue weighted by Crippen LogP contribution is -2.36. The van der Waals surface area contributed by atoms with Crippen molar-refractivity contribution in [2.24, 2.45) is 0 Å². The molecule has 0 spiro atoms. The molecule has 0 atom stereocenters. The summed E-state index contributed by atoms with van der Waals surface area (Å²) >= 11 is 0. The Kier molecular flexibility index (Phi) is 6.62.